The first-order chi connectivity index (χ1) is 30.4. The number of nitrogens with zero attached hydrogens (tertiary/aromatic N) is 2. The molecule has 14 nitrogen and oxygen atoms in total. The summed E-state index contributed by atoms with van der Waals surface area (Å²) in [4.78, 5) is 96.2. The Kier molecular flexibility index (Phi) is 22.1. The predicted molar refractivity (Wildman–Crippen MR) is 246 cm³/mol. The number of phenolic OH excluding ortho intramolecular Hbond substituents is 2. The zero-order valence-corrected chi connectivity index (χ0v) is 39.2. The van der Waals surface area contributed by atoms with Crippen molar-refractivity contribution in [1.82, 2.24) is 20.4 Å². The number of aliphatic hydroxyl groups is 1. The molecule has 2 aromatic carbocycles. The topological polar surface area (TPSA) is 211 Å². The monoisotopic (exact) mass is 891 g/mol. The van der Waals surface area contributed by atoms with E-state index < -0.39 is 71.9 Å². The summed E-state index contributed by atoms with van der Waals surface area (Å²) in [6, 6.07) is 4.41. The largest absolute Gasteiger partial charge is 0.507 e. The first kappa shape index (κ1) is 53.2. The number of phenols is 2. The van der Waals surface area contributed by atoms with Gasteiger partial charge in [-0.3, -0.25) is 33.6 Å². The lowest BCUT2D eigenvalue weighted by molar-refractivity contribution is -0.143. The van der Waals surface area contributed by atoms with E-state index in [1.165, 1.54) is 127 Å². The van der Waals surface area contributed by atoms with Gasteiger partial charge in [-0.1, -0.05) is 110 Å². The molecular formula is C50H74N4O10. The highest BCUT2D eigenvalue weighted by Crippen LogP contribution is 2.39. The highest BCUT2D eigenvalue weighted by molar-refractivity contribution is 5.97. The third-order valence-corrected chi connectivity index (χ3v) is 12.5. The number of carbonyl (C=O) groups is 7. The van der Waals surface area contributed by atoms with Gasteiger partial charge in [0.25, 0.3) is 0 Å². The molecule has 14 heteroatoms. The van der Waals surface area contributed by atoms with Crippen LogP contribution in [0.2, 0.25) is 0 Å². The van der Waals surface area contributed by atoms with Crippen molar-refractivity contribution in [2.45, 2.75) is 168 Å². The van der Waals surface area contributed by atoms with E-state index in [-0.39, 0.29) is 65.6 Å². The zero-order valence-electron chi connectivity index (χ0n) is 39.2. The summed E-state index contributed by atoms with van der Waals surface area (Å²) in [5.41, 5.74) is 1.26. The van der Waals surface area contributed by atoms with Crippen molar-refractivity contribution < 1.29 is 48.9 Å². The number of Topliss-reactive ketones (excluding diaryl/α,β-unsaturated/α-hetero) is 3. The summed E-state index contributed by atoms with van der Waals surface area (Å²) in [7, 11) is 2.85. The summed E-state index contributed by atoms with van der Waals surface area (Å²) >= 11 is 0. The number of unbranched alkanes of at least 4 members (excludes halogenated alkanes) is 12. The van der Waals surface area contributed by atoms with E-state index in [0.717, 1.165) is 19.3 Å². The second-order valence-corrected chi connectivity index (χ2v) is 17.9. The van der Waals surface area contributed by atoms with Gasteiger partial charge in [0.1, 0.15) is 23.6 Å². The number of carbonyl (C=O) groups excluding carboxylic acids is 7. The average molecular weight is 891 g/mol. The number of likely N-dealkylation sites (N-methyl/N-ethyl adjacent to an activating group) is 2. The van der Waals surface area contributed by atoms with Crippen molar-refractivity contribution in [2.75, 3.05) is 20.7 Å². The van der Waals surface area contributed by atoms with Gasteiger partial charge in [0.05, 0.1) is 18.7 Å². The van der Waals surface area contributed by atoms with Crippen molar-refractivity contribution in [3.05, 3.63) is 47.5 Å². The van der Waals surface area contributed by atoms with Crippen LogP contribution in [0.1, 0.15) is 155 Å². The van der Waals surface area contributed by atoms with Crippen LogP contribution in [0, 0.1) is 11.8 Å². The normalized spacial score (nSPS) is 17.9. The van der Waals surface area contributed by atoms with E-state index in [1.54, 1.807) is 19.1 Å². The maximum Gasteiger partial charge on any atom is 0.245 e. The van der Waals surface area contributed by atoms with Gasteiger partial charge in [0.15, 0.2) is 17.3 Å². The molecule has 0 unspecified atom stereocenters. The van der Waals surface area contributed by atoms with E-state index in [1.807, 2.05) is 0 Å². The molecule has 0 saturated carbocycles. The maximum atomic E-state index is 14.2. The maximum absolute atomic E-state index is 14.2. The zero-order chi connectivity index (χ0) is 47.5. The molecule has 0 radical (unpaired) electrons. The predicted octanol–water partition coefficient (Wildman–Crippen LogP) is 6.89. The molecule has 4 amide bonds. The molecule has 64 heavy (non-hydrogen) atoms. The lowest BCUT2D eigenvalue weighted by atomic mass is 9.89. The van der Waals surface area contributed by atoms with Crippen molar-refractivity contribution in [3.63, 3.8) is 0 Å². The van der Waals surface area contributed by atoms with Gasteiger partial charge in [0.2, 0.25) is 23.6 Å². The Morgan fingerprint density at radius 3 is 1.91 bits per heavy atom. The Morgan fingerprint density at radius 1 is 0.797 bits per heavy atom. The fraction of sp³-hybridized carbons (Fsp3) is 0.620. The molecule has 1 aliphatic rings. The minimum Gasteiger partial charge on any atom is -0.507 e. The number of hydrogen-bond acceptors (Lipinski definition) is 10. The fourth-order valence-electron chi connectivity index (χ4n) is 8.30. The molecule has 354 valence electrons. The number of aliphatic hydroxyl groups excluding tert-OH is 1. The summed E-state index contributed by atoms with van der Waals surface area (Å²) in [5.74, 6) is -5.72. The van der Waals surface area contributed by atoms with Crippen LogP contribution >= 0.6 is 0 Å². The van der Waals surface area contributed by atoms with Crippen LogP contribution in [0.15, 0.2) is 36.4 Å². The Labute approximate surface area is 379 Å². The molecule has 1 heterocycles. The van der Waals surface area contributed by atoms with E-state index in [4.69, 9.17) is 0 Å². The van der Waals surface area contributed by atoms with Gasteiger partial charge >= 0.3 is 0 Å². The number of ketones is 3. The molecule has 1 aliphatic heterocycles. The van der Waals surface area contributed by atoms with Gasteiger partial charge in [-0.2, -0.15) is 0 Å². The number of aromatic hydroxyl groups is 2. The summed E-state index contributed by atoms with van der Waals surface area (Å²) in [5, 5.41) is 37.2. The van der Waals surface area contributed by atoms with Crippen molar-refractivity contribution in [2.24, 2.45) is 11.8 Å². The molecule has 0 saturated heterocycles. The molecule has 4 bridgehead atoms. The van der Waals surface area contributed by atoms with E-state index >= 15 is 0 Å². The minimum atomic E-state index is -1.29. The SMILES string of the molecule is CCCCCCCCCCCCCCCC(=O)N(C)[C@H](CO)C(=O)N[C@H](C)C(=O)C[C@@H](C)C(=O)N(C)[C@@H]1C(=O)C[C@@H](C)C(=O)N[C@H](C(C)=O)Cc2ccc(O)c(c2)-c2cc1ccc2O. The number of amides is 4. The first-order valence-electron chi connectivity index (χ1n) is 23.4. The number of fused-ring (bicyclic) bond motifs is 5. The van der Waals surface area contributed by atoms with Crippen LogP contribution in [0.3, 0.4) is 0 Å². The molecule has 5 N–H and O–H groups in total. The number of rotatable bonds is 24. The van der Waals surface area contributed by atoms with E-state index in [9.17, 15) is 48.9 Å². The molecule has 0 spiro atoms. The lowest BCUT2D eigenvalue weighted by Gasteiger charge is -2.31. The molecular weight excluding hydrogens is 817 g/mol. The summed E-state index contributed by atoms with van der Waals surface area (Å²) < 4.78 is 0. The summed E-state index contributed by atoms with van der Waals surface area (Å²) in [6.07, 6.45) is 14.9. The average Bonchev–Trinajstić information content (AvgIpc) is 3.25. The summed E-state index contributed by atoms with van der Waals surface area (Å²) in [6.45, 7) is 7.43. The molecule has 6 atom stereocenters. The number of nitrogens with one attached hydrogen (secondary N) is 2. The van der Waals surface area contributed by atoms with E-state index in [0.29, 0.717) is 12.0 Å². The van der Waals surface area contributed by atoms with Crippen LogP contribution in [0.25, 0.3) is 11.1 Å². The second-order valence-electron chi connectivity index (χ2n) is 17.9. The van der Waals surface area contributed by atoms with Crippen molar-refractivity contribution >= 4 is 41.0 Å². The van der Waals surface area contributed by atoms with Gasteiger partial charge in [-0.05, 0) is 62.1 Å². The number of benzene rings is 2. The van der Waals surface area contributed by atoms with Crippen LogP contribution in [0.5, 0.6) is 11.5 Å². The molecule has 0 aliphatic carbocycles. The van der Waals surface area contributed by atoms with Gasteiger partial charge in [-0.25, -0.2) is 0 Å². The molecule has 2 aromatic rings. The van der Waals surface area contributed by atoms with Crippen LogP contribution in [-0.2, 0) is 40.0 Å². The van der Waals surface area contributed by atoms with Crippen LogP contribution in [-0.4, -0.2) is 105 Å². The Hall–Kier alpha value is -5.11. The smallest absolute Gasteiger partial charge is 0.245 e. The number of hydrogen-bond donors (Lipinski definition) is 5. The Bertz CT molecular complexity index is 1920. The molecule has 3 rings (SSSR count). The Balaban J connectivity index is 1.64. The quantitative estimate of drug-likeness (QED) is 0.0689. The van der Waals surface area contributed by atoms with Gasteiger partial charge in [-0.15, -0.1) is 0 Å². The third kappa shape index (κ3) is 15.8. The van der Waals surface area contributed by atoms with Crippen molar-refractivity contribution in [3.8, 4) is 22.6 Å². The minimum absolute atomic E-state index is 0.104. The molecule has 0 fully saturated rings. The fourth-order valence-corrected chi connectivity index (χ4v) is 8.30. The van der Waals surface area contributed by atoms with Crippen LogP contribution in [0.4, 0.5) is 0 Å². The standard InChI is InChI=1S/C50H74N4O10/c1-8-9-10-11-12-13-14-15-16-17-18-19-20-21-46(61)53(6)41(31-55)49(63)51-34(4)44(59)27-33(3)50(64)54(7)47-37-23-25-43(58)39(30-37)38-28-36(22-24-42(38)57)29-40(35(5)56)52-48(62)32(2)26-45(47)60/h22-25,28,30,32-34,40-41,47,55,57-58H,8-21,26-27,29,31H2,1-7H3,(H,51,63)(H,52,62)/t32-,33-,34-,40+,41-,47+/m1/s1. The lowest BCUT2D eigenvalue weighted by Crippen LogP contribution is -2.53. The van der Waals surface area contributed by atoms with Gasteiger partial charge < -0.3 is 35.8 Å². The third-order valence-electron chi connectivity index (χ3n) is 12.5. The highest BCUT2D eigenvalue weighted by Gasteiger charge is 2.36. The van der Waals surface area contributed by atoms with Crippen LogP contribution < -0.4 is 10.6 Å². The first-order valence-corrected chi connectivity index (χ1v) is 23.4. The highest BCUT2D eigenvalue weighted by atomic mass is 16.3. The van der Waals surface area contributed by atoms with Crippen molar-refractivity contribution in [1.29, 1.82) is 0 Å². The van der Waals surface area contributed by atoms with Gasteiger partial charge in [0, 0.05) is 56.3 Å². The van der Waals surface area contributed by atoms with E-state index in [2.05, 4.69) is 17.6 Å². The Morgan fingerprint density at radius 2 is 1.34 bits per heavy atom. The molecule has 0 aromatic heterocycles. The second kappa shape index (κ2) is 26.6.